The van der Waals surface area contributed by atoms with Crippen molar-refractivity contribution in [2.24, 2.45) is 0 Å². The van der Waals surface area contributed by atoms with Gasteiger partial charge in [-0.25, -0.2) is 4.98 Å². The van der Waals surface area contributed by atoms with E-state index in [1.54, 1.807) is 0 Å². The highest BCUT2D eigenvalue weighted by molar-refractivity contribution is 7.98. The number of hydrogen-bond donors (Lipinski definition) is 1. The van der Waals surface area contributed by atoms with Crippen molar-refractivity contribution in [3.8, 4) is 5.69 Å². The van der Waals surface area contributed by atoms with Crippen molar-refractivity contribution >= 4 is 23.4 Å². The van der Waals surface area contributed by atoms with E-state index in [1.807, 2.05) is 67.8 Å². The zero-order valence-corrected chi connectivity index (χ0v) is 17.7. The molecule has 7 nitrogen and oxygen atoms in total. The average molecular weight is 420 g/mol. The molecule has 2 heterocycles. The number of aromatic nitrogens is 4. The molecule has 152 valence electrons. The maximum atomic E-state index is 12.4. The standard InChI is InChI=1S/C22H21N5O2S/c1-14-7-9-17(10-8-14)23-21(28)19-12-29-20(24-19)13-30-22-26-25-16(3)27(22)18-6-4-5-15(2)11-18/h4-12H,13H2,1-3H3,(H,23,28). The van der Waals surface area contributed by atoms with E-state index in [2.05, 4.69) is 26.6 Å². The van der Waals surface area contributed by atoms with Crippen LogP contribution in [0.1, 0.15) is 33.3 Å². The van der Waals surface area contributed by atoms with Crippen LogP contribution in [0.5, 0.6) is 0 Å². The number of carbonyl (C=O) groups is 1. The van der Waals surface area contributed by atoms with Gasteiger partial charge >= 0.3 is 0 Å². The van der Waals surface area contributed by atoms with Crippen LogP contribution in [-0.4, -0.2) is 25.7 Å². The zero-order chi connectivity index (χ0) is 21.1. The van der Waals surface area contributed by atoms with Crippen molar-refractivity contribution in [3.63, 3.8) is 0 Å². The molecule has 0 radical (unpaired) electrons. The molecule has 0 aliphatic carbocycles. The Morgan fingerprint density at radius 1 is 1.07 bits per heavy atom. The normalized spacial score (nSPS) is 10.9. The van der Waals surface area contributed by atoms with Crippen LogP contribution in [0.2, 0.25) is 0 Å². The molecule has 0 atom stereocenters. The summed E-state index contributed by atoms with van der Waals surface area (Å²) < 4.78 is 7.48. The number of hydrogen-bond acceptors (Lipinski definition) is 6. The molecule has 0 saturated carbocycles. The quantitative estimate of drug-likeness (QED) is 0.455. The van der Waals surface area contributed by atoms with Gasteiger partial charge in [-0.3, -0.25) is 9.36 Å². The van der Waals surface area contributed by atoms with Gasteiger partial charge in [-0.05, 0) is 50.6 Å². The predicted molar refractivity (Wildman–Crippen MR) is 116 cm³/mol. The lowest BCUT2D eigenvalue weighted by molar-refractivity contribution is 0.102. The monoisotopic (exact) mass is 419 g/mol. The van der Waals surface area contributed by atoms with Gasteiger partial charge in [0, 0.05) is 11.4 Å². The number of aryl methyl sites for hydroxylation is 3. The molecule has 8 heteroatoms. The fourth-order valence-corrected chi connectivity index (χ4v) is 3.79. The summed E-state index contributed by atoms with van der Waals surface area (Å²) in [5.74, 6) is 1.37. The summed E-state index contributed by atoms with van der Waals surface area (Å²) in [6.45, 7) is 5.96. The number of anilines is 1. The van der Waals surface area contributed by atoms with Crippen LogP contribution in [0.25, 0.3) is 5.69 Å². The Balaban J connectivity index is 1.44. The van der Waals surface area contributed by atoms with Crippen molar-refractivity contribution in [3.05, 3.63) is 83.3 Å². The van der Waals surface area contributed by atoms with Gasteiger partial charge in [0.15, 0.2) is 10.9 Å². The Hall–Kier alpha value is -3.39. The molecule has 2 aromatic heterocycles. The summed E-state index contributed by atoms with van der Waals surface area (Å²) in [6, 6.07) is 15.7. The lowest BCUT2D eigenvalue weighted by atomic mass is 10.2. The van der Waals surface area contributed by atoms with E-state index in [9.17, 15) is 4.79 Å². The van der Waals surface area contributed by atoms with Crippen molar-refractivity contribution in [2.75, 3.05) is 5.32 Å². The third kappa shape index (κ3) is 4.44. The van der Waals surface area contributed by atoms with Crippen LogP contribution in [0.4, 0.5) is 5.69 Å². The third-order valence-corrected chi connectivity index (χ3v) is 5.39. The molecule has 0 bridgehead atoms. The molecular formula is C22H21N5O2S. The third-order valence-electron chi connectivity index (χ3n) is 4.47. The molecule has 0 aliphatic rings. The first-order valence-corrected chi connectivity index (χ1v) is 10.4. The van der Waals surface area contributed by atoms with Gasteiger partial charge in [0.05, 0.1) is 5.75 Å². The van der Waals surface area contributed by atoms with E-state index in [1.165, 1.54) is 18.0 Å². The summed E-state index contributed by atoms with van der Waals surface area (Å²) in [6.07, 6.45) is 1.37. The maximum Gasteiger partial charge on any atom is 0.277 e. The number of rotatable bonds is 6. The van der Waals surface area contributed by atoms with Crippen LogP contribution < -0.4 is 5.32 Å². The van der Waals surface area contributed by atoms with Crippen LogP contribution in [-0.2, 0) is 5.75 Å². The second kappa shape index (κ2) is 8.54. The van der Waals surface area contributed by atoms with Crippen LogP contribution >= 0.6 is 11.8 Å². The van der Waals surface area contributed by atoms with E-state index >= 15 is 0 Å². The summed E-state index contributed by atoms with van der Waals surface area (Å²) in [4.78, 5) is 16.7. The number of benzene rings is 2. The fraction of sp³-hybridized carbons (Fsp3) is 0.182. The predicted octanol–water partition coefficient (Wildman–Crippen LogP) is 4.73. The molecule has 2 aromatic carbocycles. The van der Waals surface area contributed by atoms with Gasteiger partial charge in [-0.2, -0.15) is 0 Å². The van der Waals surface area contributed by atoms with E-state index < -0.39 is 0 Å². The Bertz CT molecular complexity index is 1180. The molecule has 0 aliphatic heterocycles. The molecule has 4 rings (SSSR count). The highest BCUT2D eigenvalue weighted by Crippen LogP contribution is 2.25. The number of nitrogens with one attached hydrogen (secondary N) is 1. The van der Waals surface area contributed by atoms with Crippen LogP contribution in [0.15, 0.2) is 64.4 Å². The maximum absolute atomic E-state index is 12.4. The van der Waals surface area contributed by atoms with Gasteiger partial charge in [-0.15, -0.1) is 10.2 Å². The lowest BCUT2D eigenvalue weighted by Crippen LogP contribution is -2.12. The minimum Gasteiger partial charge on any atom is -0.447 e. The molecule has 1 N–H and O–H groups in total. The number of oxazole rings is 1. The highest BCUT2D eigenvalue weighted by Gasteiger charge is 2.16. The minimum atomic E-state index is -0.308. The zero-order valence-electron chi connectivity index (χ0n) is 16.9. The first-order valence-electron chi connectivity index (χ1n) is 9.44. The summed E-state index contributed by atoms with van der Waals surface area (Å²) in [5.41, 5.74) is 4.25. The van der Waals surface area contributed by atoms with E-state index in [4.69, 9.17) is 4.42 Å². The number of nitrogens with zero attached hydrogens (tertiary/aromatic N) is 4. The Kier molecular flexibility index (Phi) is 5.67. The second-order valence-electron chi connectivity index (χ2n) is 6.94. The van der Waals surface area contributed by atoms with Gasteiger partial charge in [0.1, 0.15) is 12.1 Å². The van der Waals surface area contributed by atoms with Crippen molar-refractivity contribution < 1.29 is 9.21 Å². The van der Waals surface area contributed by atoms with Crippen molar-refractivity contribution in [1.82, 2.24) is 19.7 Å². The van der Waals surface area contributed by atoms with Crippen LogP contribution in [0.3, 0.4) is 0 Å². The molecule has 0 spiro atoms. The first-order chi connectivity index (χ1) is 14.5. The number of carbonyl (C=O) groups excluding carboxylic acids is 1. The SMILES string of the molecule is Cc1ccc(NC(=O)c2coc(CSc3nnc(C)n3-c3cccc(C)c3)n2)cc1. The Morgan fingerprint density at radius 2 is 1.87 bits per heavy atom. The van der Waals surface area contributed by atoms with Gasteiger partial charge in [0.25, 0.3) is 5.91 Å². The Morgan fingerprint density at radius 3 is 2.63 bits per heavy atom. The summed E-state index contributed by atoms with van der Waals surface area (Å²) in [7, 11) is 0. The van der Waals surface area contributed by atoms with E-state index in [0.29, 0.717) is 17.3 Å². The van der Waals surface area contributed by atoms with Crippen molar-refractivity contribution in [1.29, 1.82) is 0 Å². The first kappa shape index (κ1) is 19.9. The number of amides is 1. The Labute approximate surface area is 178 Å². The topological polar surface area (TPSA) is 85.8 Å². The molecule has 30 heavy (non-hydrogen) atoms. The summed E-state index contributed by atoms with van der Waals surface area (Å²) >= 11 is 1.45. The lowest BCUT2D eigenvalue weighted by Gasteiger charge is -2.08. The van der Waals surface area contributed by atoms with Gasteiger partial charge in [-0.1, -0.05) is 41.6 Å². The van der Waals surface area contributed by atoms with Crippen molar-refractivity contribution in [2.45, 2.75) is 31.7 Å². The molecule has 0 fully saturated rings. The highest BCUT2D eigenvalue weighted by atomic mass is 32.2. The molecular weight excluding hydrogens is 398 g/mol. The fourth-order valence-electron chi connectivity index (χ4n) is 2.94. The van der Waals surface area contributed by atoms with Gasteiger partial charge in [0.2, 0.25) is 5.89 Å². The molecule has 1 amide bonds. The van der Waals surface area contributed by atoms with E-state index in [0.717, 1.165) is 27.8 Å². The average Bonchev–Trinajstić information content (AvgIpc) is 3.35. The smallest absolute Gasteiger partial charge is 0.277 e. The van der Waals surface area contributed by atoms with Crippen LogP contribution in [0, 0.1) is 20.8 Å². The molecule has 4 aromatic rings. The summed E-state index contributed by atoms with van der Waals surface area (Å²) in [5, 5.41) is 12.0. The number of thioether (sulfide) groups is 1. The van der Waals surface area contributed by atoms with E-state index in [-0.39, 0.29) is 11.6 Å². The molecule has 0 unspecified atom stereocenters. The minimum absolute atomic E-state index is 0.238. The second-order valence-corrected chi connectivity index (χ2v) is 7.88. The largest absolute Gasteiger partial charge is 0.447 e. The van der Waals surface area contributed by atoms with Gasteiger partial charge < -0.3 is 9.73 Å². The molecule has 0 saturated heterocycles.